The number of phenols is 2. The van der Waals surface area contributed by atoms with E-state index in [9.17, 15) is 20.3 Å². The molecule has 0 saturated carbocycles. The Morgan fingerprint density at radius 2 is 2.00 bits per heavy atom. The molecule has 0 radical (unpaired) electrons. The van der Waals surface area contributed by atoms with Gasteiger partial charge in [0.15, 0.2) is 5.75 Å². The minimum Gasteiger partial charge on any atom is -0.504 e. The van der Waals surface area contributed by atoms with Gasteiger partial charge in [0.25, 0.3) is 0 Å². The van der Waals surface area contributed by atoms with Crippen LogP contribution in [-0.4, -0.2) is 52.9 Å². The summed E-state index contributed by atoms with van der Waals surface area (Å²) in [5.74, 6) is -1.12. The van der Waals surface area contributed by atoms with Gasteiger partial charge in [-0.3, -0.25) is 15.0 Å². The van der Waals surface area contributed by atoms with Gasteiger partial charge in [-0.25, -0.2) is 0 Å². The minimum absolute atomic E-state index is 0.444. The molecule has 0 bridgehead atoms. The first-order valence-electron chi connectivity index (χ1n) is 6.57. The molecule has 1 aromatic carbocycles. The van der Waals surface area contributed by atoms with Crippen LogP contribution in [0.2, 0.25) is 0 Å². The molecule has 0 spiro atoms. The van der Waals surface area contributed by atoms with Crippen LogP contribution in [0.4, 0.5) is 5.69 Å². The lowest BCUT2D eigenvalue weighted by Gasteiger charge is -2.26. The Morgan fingerprint density at radius 3 is 2.65 bits per heavy atom. The van der Waals surface area contributed by atoms with E-state index >= 15 is 0 Å². The Morgan fingerprint density at radius 1 is 1.30 bits per heavy atom. The molecule has 0 unspecified atom stereocenters. The fraction of sp³-hybridized carbons (Fsp3) is 0.538. The Labute approximate surface area is 116 Å². The summed E-state index contributed by atoms with van der Waals surface area (Å²) in [5.41, 5.74) is 0.201. The average molecular weight is 282 g/mol. The number of nitro groups is 1. The molecular formula is C13H18N2O5. The fourth-order valence-electron chi connectivity index (χ4n) is 2.28. The molecule has 1 heterocycles. The van der Waals surface area contributed by atoms with E-state index in [1.54, 1.807) is 0 Å². The molecule has 0 aromatic heterocycles. The van der Waals surface area contributed by atoms with Crippen molar-refractivity contribution in [1.29, 1.82) is 0 Å². The van der Waals surface area contributed by atoms with Crippen molar-refractivity contribution in [3.63, 3.8) is 0 Å². The minimum atomic E-state index is -0.694. The number of phenolic OH excluding ortho intramolecular Hbond substituents is 2. The summed E-state index contributed by atoms with van der Waals surface area (Å²) < 4.78 is 5.26. The van der Waals surface area contributed by atoms with Crippen LogP contribution in [0.3, 0.4) is 0 Å². The third kappa shape index (κ3) is 3.58. The largest absolute Gasteiger partial charge is 0.504 e. The Hall–Kier alpha value is -1.86. The van der Waals surface area contributed by atoms with Crippen LogP contribution < -0.4 is 0 Å². The maximum atomic E-state index is 10.8. The van der Waals surface area contributed by atoms with E-state index in [0.717, 1.165) is 39.3 Å². The number of aromatic hydroxyl groups is 2. The van der Waals surface area contributed by atoms with Crippen LogP contribution in [-0.2, 0) is 11.2 Å². The zero-order valence-corrected chi connectivity index (χ0v) is 11.1. The molecule has 1 saturated heterocycles. The summed E-state index contributed by atoms with van der Waals surface area (Å²) in [6.45, 7) is 4.18. The van der Waals surface area contributed by atoms with Gasteiger partial charge >= 0.3 is 5.69 Å². The van der Waals surface area contributed by atoms with Gasteiger partial charge < -0.3 is 14.9 Å². The number of morpholine rings is 1. The summed E-state index contributed by atoms with van der Waals surface area (Å²) in [6, 6.07) is 2.69. The summed E-state index contributed by atoms with van der Waals surface area (Å²) in [5, 5.41) is 29.7. The summed E-state index contributed by atoms with van der Waals surface area (Å²) in [7, 11) is 0. The highest BCUT2D eigenvalue weighted by molar-refractivity contribution is 5.56. The maximum Gasteiger partial charge on any atom is 0.314 e. The number of hydrogen-bond donors (Lipinski definition) is 2. The molecule has 1 fully saturated rings. The van der Waals surface area contributed by atoms with Gasteiger partial charge in [-0.1, -0.05) is 0 Å². The normalized spacial score (nSPS) is 16.2. The predicted octanol–water partition coefficient (Wildman–Crippen LogP) is 1.27. The fourth-order valence-corrected chi connectivity index (χ4v) is 2.28. The van der Waals surface area contributed by atoms with E-state index in [2.05, 4.69) is 4.90 Å². The molecule has 7 heteroatoms. The number of ether oxygens (including phenoxy) is 1. The number of nitrogens with zero attached hydrogens (tertiary/aromatic N) is 2. The molecule has 1 aromatic rings. The number of nitro benzene ring substituents is 1. The van der Waals surface area contributed by atoms with Crippen LogP contribution >= 0.6 is 0 Å². The van der Waals surface area contributed by atoms with E-state index in [1.807, 2.05) is 0 Å². The van der Waals surface area contributed by atoms with Gasteiger partial charge in [-0.2, -0.15) is 0 Å². The lowest BCUT2D eigenvalue weighted by atomic mass is 10.1. The van der Waals surface area contributed by atoms with E-state index < -0.39 is 22.1 Å². The van der Waals surface area contributed by atoms with Gasteiger partial charge in [0.2, 0.25) is 5.75 Å². The van der Waals surface area contributed by atoms with Crippen molar-refractivity contribution < 1.29 is 19.9 Å². The number of hydrogen-bond acceptors (Lipinski definition) is 6. The second-order valence-electron chi connectivity index (χ2n) is 4.80. The van der Waals surface area contributed by atoms with E-state index in [4.69, 9.17) is 4.74 Å². The molecular weight excluding hydrogens is 264 g/mol. The number of rotatable bonds is 5. The third-order valence-corrected chi connectivity index (χ3v) is 3.37. The van der Waals surface area contributed by atoms with E-state index in [1.165, 1.54) is 12.1 Å². The first-order valence-corrected chi connectivity index (χ1v) is 6.57. The molecule has 0 aliphatic carbocycles. The van der Waals surface area contributed by atoms with Crippen molar-refractivity contribution in [3.05, 3.63) is 27.8 Å². The van der Waals surface area contributed by atoms with Crippen molar-refractivity contribution in [3.8, 4) is 11.5 Å². The second kappa shape index (κ2) is 6.53. The van der Waals surface area contributed by atoms with Crippen molar-refractivity contribution >= 4 is 5.69 Å². The summed E-state index contributed by atoms with van der Waals surface area (Å²) in [4.78, 5) is 12.3. The number of benzene rings is 1. The molecule has 110 valence electrons. The molecule has 20 heavy (non-hydrogen) atoms. The van der Waals surface area contributed by atoms with Gasteiger partial charge in [0, 0.05) is 19.2 Å². The topological polar surface area (TPSA) is 96.1 Å². The van der Waals surface area contributed by atoms with Crippen LogP contribution in [0.25, 0.3) is 0 Å². The van der Waals surface area contributed by atoms with Crippen LogP contribution in [0.5, 0.6) is 11.5 Å². The summed E-state index contributed by atoms with van der Waals surface area (Å²) in [6.07, 6.45) is 1.45. The van der Waals surface area contributed by atoms with Crippen molar-refractivity contribution in [2.45, 2.75) is 12.8 Å². The first kappa shape index (κ1) is 14.5. The number of aryl methyl sites for hydroxylation is 1. The smallest absolute Gasteiger partial charge is 0.314 e. The van der Waals surface area contributed by atoms with Crippen molar-refractivity contribution in [2.75, 3.05) is 32.8 Å². The van der Waals surface area contributed by atoms with Crippen LogP contribution in [0, 0.1) is 10.1 Å². The standard InChI is InChI=1S/C13H18N2O5/c16-12-9-10(8-11(13(12)17)15(18)19)2-1-3-14-4-6-20-7-5-14/h8-9,16-17H,1-7H2. The molecule has 7 nitrogen and oxygen atoms in total. The highest BCUT2D eigenvalue weighted by atomic mass is 16.6. The second-order valence-corrected chi connectivity index (χ2v) is 4.80. The average Bonchev–Trinajstić information content (AvgIpc) is 2.43. The van der Waals surface area contributed by atoms with Gasteiger partial charge in [0.1, 0.15) is 0 Å². The highest BCUT2D eigenvalue weighted by Gasteiger charge is 2.18. The predicted molar refractivity (Wildman–Crippen MR) is 72.0 cm³/mol. The lowest BCUT2D eigenvalue weighted by molar-refractivity contribution is -0.386. The van der Waals surface area contributed by atoms with E-state index in [0.29, 0.717) is 12.0 Å². The van der Waals surface area contributed by atoms with Crippen molar-refractivity contribution in [2.24, 2.45) is 0 Å². The zero-order chi connectivity index (χ0) is 14.5. The molecule has 1 aliphatic heterocycles. The van der Waals surface area contributed by atoms with Crippen molar-refractivity contribution in [1.82, 2.24) is 4.90 Å². The van der Waals surface area contributed by atoms with E-state index in [-0.39, 0.29) is 0 Å². The van der Waals surface area contributed by atoms with Crippen LogP contribution in [0.1, 0.15) is 12.0 Å². The Kier molecular flexibility index (Phi) is 4.75. The first-order chi connectivity index (χ1) is 9.58. The lowest BCUT2D eigenvalue weighted by Crippen LogP contribution is -2.36. The Bertz CT molecular complexity index is 486. The highest BCUT2D eigenvalue weighted by Crippen LogP contribution is 2.36. The molecule has 2 N–H and O–H groups in total. The Balaban J connectivity index is 1.93. The zero-order valence-electron chi connectivity index (χ0n) is 11.1. The van der Waals surface area contributed by atoms with Gasteiger partial charge in [-0.15, -0.1) is 0 Å². The maximum absolute atomic E-state index is 10.8. The molecule has 2 rings (SSSR count). The quantitative estimate of drug-likeness (QED) is 0.479. The SMILES string of the molecule is O=[N+]([O-])c1cc(CCCN2CCOCC2)cc(O)c1O. The molecule has 0 atom stereocenters. The monoisotopic (exact) mass is 282 g/mol. The van der Waals surface area contributed by atoms with Crippen LogP contribution in [0.15, 0.2) is 12.1 Å². The third-order valence-electron chi connectivity index (χ3n) is 3.37. The molecule has 0 amide bonds. The van der Waals surface area contributed by atoms with Gasteiger partial charge in [-0.05, 0) is 31.0 Å². The summed E-state index contributed by atoms with van der Waals surface area (Å²) >= 11 is 0. The molecule has 1 aliphatic rings. The van der Waals surface area contributed by atoms with Gasteiger partial charge in [0.05, 0.1) is 18.1 Å².